The van der Waals surface area contributed by atoms with Gasteiger partial charge in [0.2, 0.25) is 0 Å². The zero-order valence-electron chi connectivity index (χ0n) is 5.25. The molecule has 0 spiro atoms. The van der Waals surface area contributed by atoms with Crippen LogP contribution in [0.15, 0.2) is 0 Å². The Hall–Kier alpha value is 1.44. The molecule has 0 N–H and O–H groups in total. The van der Waals surface area contributed by atoms with E-state index in [9.17, 15) is 0 Å². The quantitative estimate of drug-likeness (QED) is 0.679. The van der Waals surface area contributed by atoms with Crippen molar-refractivity contribution in [3.63, 3.8) is 0 Å². The standard InChI is InChI=1S/C6H11Br3/c7-3-1-6(5-9)2-4-8/h6H,1-5H2. The predicted molar refractivity (Wildman–Crippen MR) is 54.1 cm³/mol. The van der Waals surface area contributed by atoms with E-state index in [0.29, 0.717) is 0 Å². The van der Waals surface area contributed by atoms with Crippen LogP contribution in [0.25, 0.3) is 0 Å². The Morgan fingerprint density at radius 1 is 0.889 bits per heavy atom. The first-order valence-electron chi connectivity index (χ1n) is 3.03. The van der Waals surface area contributed by atoms with Crippen LogP contribution >= 0.6 is 47.8 Å². The number of alkyl halides is 3. The summed E-state index contributed by atoms with van der Waals surface area (Å²) in [6.07, 6.45) is 2.55. The Morgan fingerprint density at radius 2 is 1.33 bits per heavy atom. The van der Waals surface area contributed by atoms with E-state index in [0.717, 1.165) is 21.9 Å². The highest BCUT2D eigenvalue weighted by Crippen LogP contribution is 2.14. The van der Waals surface area contributed by atoms with Gasteiger partial charge in [-0.05, 0) is 18.8 Å². The lowest BCUT2D eigenvalue weighted by atomic mass is 10.1. The van der Waals surface area contributed by atoms with Crippen molar-refractivity contribution in [3.8, 4) is 0 Å². The van der Waals surface area contributed by atoms with Crippen molar-refractivity contribution >= 4 is 47.8 Å². The second-order valence-corrected chi connectivity index (χ2v) is 4.21. The summed E-state index contributed by atoms with van der Waals surface area (Å²) >= 11 is 10.3. The second kappa shape index (κ2) is 7.55. The summed E-state index contributed by atoms with van der Waals surface area (Å²) in [4.78, 5) is 0. The summed E-state index contributed by atoms with van der Waals surface area (Å²) in [7, 11) is 0. The maximum Gasteiger partial charge on any atom is 0.00602 e. The second-order valence-electron chi connectivity index (χ2n) is 1.98. The minimum absolute atomic E-state index is 0.837. The highest BCUT2D eigenvalue weighted by Gasteiger charge is 2.03. The van der Waals surface area contributed by atoms with E-state index < -0.39 is 0 Å². The summed E-state index contributed by atoms with van der Waals surface area (Å²) in [6, 6.07) is 0. The first-order valence-corrected chi connectivity index (χ1v) is 6.39. The van der Waals surface area contributed by atoms with Gasteiger partial charge in [-0.2, -0.15) is 0 Å². The van der Waals surface area contributed by atoms with Crippen LogP contribution < -0.4 is 0 Å². The van der Waals surface area contributed by atoms with Crippen molar-refractivity contribution in [3.05, 3.63) is 0 Å². The summed E-state index contributed by atoms with van der Waals surface area (Å²) in [5.41, 5.74) is 0. The minimum atomic E-state index is 0.837. The van der Waals surface area contributed by atoms with E-state index >= 15 is 0 Å². The largest absolute Gasteiger partial charge is 0.0928 e. The molecule has 0 aliphatic rings. The molecule has 0 aliphatic heterocycles. The zero-order chi connectivity index (χ0) is 7.11. The van der Waals surface area contributed by atoms with Crippen molar-refractivity contribution in [2.45, 2.75) is 12.8 Å². The van der Waals surface area contributed by atoms with Gasteiger partial charge in [-0.15, -0.1) is 0 Å². The van der Waals surface area contributed by atoms with Gasteiger partial charge in [0.25, 0.3) is 0 Å². The Bertz CT molecular complexity index is 50.3. The van der Waals surface area contributed by atoms with Crippen LogP contribution in [0.1, 0.15) is 12.8 Å². The number of hydrogen-bond donors (Lipinski definition) is 0. The van der Waals surface area contributed by atoms with E-state index in [4.69, 9.17) is 0 Å². The Labute approximate surface area is 82.2 Å². The summed E-state index contributed by atoms with van der Waals surface area (Å²) in [5.74, 6) is 0.837. The Kier molecular flexibility index (Phi) is 8.75. The maximum absolute atomic E-state index is 3.48. The van der Waals surface area contributed by atoms with Gasteiger partial charge in [0, 0.05) is 16.0 Å². The lowest BCUT2D eigenvalue weighted by Crippen LogP contribution is -2.02. The lowest BCUT2D eigenvalue weighted by Gasteiger charge is -2.08. The van der Waals surface area contributed by atoms with Crippen LogP contribution in [0.2, 0.25) is 0 Å². The van der Waals surface area contributed by atoms with Crippen molar-refractivity contribution in [1.82, 2.24) is 0 Å². The zero-order valence-corrected chi connectivity index (χ0v) is 10.0. The fourth-order valence-corrected chi connectivity index (χ4v) is 2.55. The van der Waals surface area contributed by atoms with E-state index in [1.807, 2.05) is 0 Å². The normalized spacial score (nSPS) is 10.7. The van der Waals surface area contributed by atoms with Crippen LogP contribution in [0.5, 0.6) is 0 Å². The van der Waals surface area contributed by atoms with Gasteiger partial charge in [0.15, 0.2) is 0 Å². The molecule has 0 saturated heterocycles. The van der Waals surface area contributed by atoms with Crippen molar-refractivity contribution < 1.29 is 0 Å². The van der Waals surface area contributed by atoms with Gasteiger partial charge in [0.05, 0.1) is 0 Å². The van der Waals surface area contributed by atoms with Gasteiger partial charge in [0.1, 0.15) is 0 Å². The predicted octanol–water partition coefficient (Wildman–Crippen LogP) is 3.57. The van der Waals surface area contributed by atoms with Crippen LogP contribution in [0.3, 0.4) is 0 Å². The van der Waals surface area contributed by atoms with Crippen molar-refractivity contribution in [1.29, 1.82) is 0 Å². The highest BCUT2D eigenvalue weighted by atomic mass is 79.9. The summed E-state index contributed by atoms with van der Waals surface area (Å²) < 4.78 is 0. The van der Waals surface area contributed by atoms with Crippen LogP contribution in [-0.4, -0.2) is 16.0 Å². The number of hydrogen-bond acceptors (Lipinski definition) is 0. The SMILES string of the molecule is BrCCC(CBr)CCBr. The third kappa shape index (κ3) is 5.86. The van der Waals surface area contributed by atoms with E-state index in [-0.39, 0.29) is 0 Å². The average molecular weight is 323 g/mol. The molecule has 0 bridgehead atoms. The van der Waals surface area contributed by atoms with Gasteiger partial charge in [-0.25, -0.2) is 0 Å². The Morgan fingerprint density at radius 3 is 1.56 bits per heavy atom. The molecule has 0 aliphatic carbocycles. The molecule has 0 unspecified atom stereocenters. The third-order valence-corrected chi connectivity index (χ3v) is 3.08. The van der Waals surface area contributed by atoms with E-state index in [1.54, 1.807) is 0 Å². The van der Waals surface area contributed by atoms with Crippen LogP contribution in [-0.2, 0) is 0 Å². The maximum atomic E-state index is 3.48. The molecular formula is C6H11Br3. The molecule has 0 aromatic rings. The molecule has 56 valence electrons. The molecule has 0 atom stereocenters. The van der Waals surface area contributed by atoms with Crippen LogP contribution in [0.4, 0.5) is 0 Å². The topological polar surface area (TPSA) is 0 Å². The first-order chi connectivity index (χ1) is 4.35. The summed E-state index contributed by atoms with van der Waals surface area (Å²) in [6.45, 7) is 0. The number of rotatable bonds is 5. The lowest BCUT2D eigenvalue weighted by molar-refractivity contribution is 0.570. The first kappa shape index (κ1) is 10.4. The van der Waals surface area contributed by atoms with Gasteiger partial charge < -0.3 is 0 Å². The van der Waals surface area contributed by atoms with Gasteiger partial charge in [-0.1, -0.05) is 47.8 Å². The highest BCUT2D eigenvalue weighted by molar-refractivity contribution is 9.09. The van der Waals surface area contributed by atoms with Crippen molar-refractivity contribution in [2.24, 2.45) is 5.92 Å². The molecule has 0 aromatic carbocycles. The molecule has 0 amide bonds. The monoisotopic (exact) mass is 320 g/mol. The average Bonchev–Trinajstić information content (AvgIpc) is 1.88. The summed E-state index contributed by atoms with van der Waals surface area (Å²) in [5, 5.41) is 3.37. The molecule has 0 fully saturated rings. The fourth-order valence-electron chi connectivity index (χ4n) is 0.607. The molecule has 9 heavy (non-hydrogen) atoms. The van der Waals surface area contributed by atoms with Gasteiger partial charge >= 0.3 is 0 Å². The molecule has 0 nitrogen and oxygen atoms in total. The van der Waals surface area contributed by atoms with E-state index in [1.165, 1.54) is 12.8 Å². The smallest absolute Gasteiger partial charge is 0.00602 e. The molecule has 0 rings (SSSR count). The third-order valence-electron chi connectivity index (χ3n) is 1.25. The fraction of sp³-hybridized carbons (Fsp3) is 1.00. The van der Waals surface area contributed by atoms with Gasteiger partial charge in [-0.3, -0.25) is 0 Å². The molecule has 3 heteroatoms. The molecule has 0 heterocycles. The minimum Gasteiger partial charge on any atom is -0.0928 e. The molecule has 0 saturated carbocycles. The van der Waals surface area contributed by atoms with Crippen molar-refractivity contribution in [2.75, 3.05) is 16.0 Å². The Balaban J connectivity index is 3.18. The molecular weight excluding hydrogens is 312 g/mol. The number of halogens is 3. The molecule has 0 aromatic heterocycles. The van der Waals surface area contributed by atoms with Crippen LogP contribution in [0, 0.1) is 5.92 Å². The molecule has 0 radical (unpaired) electrons. The van der Waals surface area contributed by atoms with E-state index in [2.05, 4.69) is 47.8 Å².